The highest BCUT2D eigenvalue weighted by Crippen LogP contribution is 2.25. The molecular weight excluding hydrogens is 313 g/mol. The third kappa shape index (κ3) is 6.36. The van der Waals surface area contributed by atoms with E-state index in [0.717, 1.165) is 0 Å². The van der Waals surface area contributed by atoms with Crippen LogP contribution >= 0.6 is 23.2 Å². The first kappa shape index (κ1) is 17.8. The number of anilines is 1. The zero-order valence-corrected chi connectivity index (χ0v) is 14.0. The zero-order chi connectivity index (χ0) is 16.2. The fraction of sp³-hybridized carbons (Fsp3) is 0.467. The first-order valence-corrected chi connectivity index (χ1v) is 7.29. The average molecular weight is 332 g/mol. The van der Waals surface area contributed by atoms with Crippen molar-refractivity contribution < 1.29 is 14.3 Å². The Labute approximate surface area is 134 Å². The second-order valence-corrected chi connectivity index (χ2v) is 6.83. The van der Waals surface area contributed by atoms with E-state index in [4.69, 9.17) is 27.9 Å². The monoisotopic (exact) mass is 331 g/mol. The summed E-state index contributed by atoms with van der Waals surface area (Å²) in [6.07, 6.45) is -0.654. The van der Waals surface area contributed by atoms with Gasteiger partial charge in [0.1, 0.15) is 0 Å². The van der Waals surface area contributed by atoms with Gasteiger partial charge in [0.15, 0.2) is 6.10 Å². The number of hydrogen-bond donors (Lipinski definition) is 1. The van der Waals surface area contributed by atoms with Gasteiger partial charge in [-0.25, -0.2) is 0 Å². The molecule has 21 heavy (non-hydrogen) atoms. The Morgan fingerprint density at radius 1 is 1.29 bits per heavy atom. The summed E-state index contributed by atoms with van der Waals surface area (Å²) < 4.78 is 5.10. The molecule has 4 nitrogen and oxygen atoms in total. The van der Waals surface area contributed by atoms with Gasteiger partial charge in [0.05, 0.1) is 17.1 Å². The molecule has 116 valence electrons. The van der Waals surface area contributed by atoms with E-state index < -0.39 is 18.0 Å². The summed E-state index contributed by atoms with van der Waals surface area (Å²) in [7, 11) is 0. The molecule has 0 radical (unpaired) electrons. The van der Waals surface area contributed by atoms with Crippen molar-refractivity contribution in [2.75, 3.05) is 5.32 Å². The highest BCUT2D eigenvalue weighted by Gasteiger charge is 2.22. The van der Waals surface area contributed by atoms with E-state index in [9.17, 15) is 9.59 Å². The van der Waals surface area contributed by atoms with Crippen molar-refractivity contribution in [3.63, 3.8) is 0 Å². The first-order valence-electron chi connectivity index (χ1n) is 6.54. The van der Waals surface area contributed by atoms with Gasteiger partial charge in [-0.05, 0) is 30.5 Å². The maximum Gasteiger partial charge on any atom is 0.307 e. The summed E-state index contributed by atoms with van der Waals surface area (Å²) in [5.74, 6) is -0.853. The van der Waals surface area contributed by atoms with Gasteiger partial charge >= 0.3 is 5.97 Å². The van der Waals surface area contributed by atoms with Gasteiger partial charge in [0.25, 0.3) is 5.91 Å². The number of carbonyl (C=O) groups excluding carboxylic acids is 2. The molecular formula is C15H19Cl2NO3. The van der Waals surface area contributed by atoms with Crippen LogP contribution in [0.2, 0.25) is 10.0 Å². The molecule has 0 spiro atoms. The van der Waals surface area contributed by atoms with Crippen LogP contribution in [0.5, 0.6) is 0 Å². The smallest absolute Gasteiger partial charge is 0.307 e. The van der Waals surface area contributed by atoms with E-state index in [0.29, 0.717) is 15.7 Å². The number of hydrogen-bond acceptors (Lipinski definition) is 3. The van der Waals surface area contributed by atoms with Crippen molar-refractivity contribution in [3.05, 3.63) is 28.2 Å². The molecule has 0 fully saturated rings. The lowest BCUT2D eigenvalue weighted by Gasteiger charge is -2.19. The molecule has 1 aromatic carbocycles. The number of esters is 1. The van der Waals surface area contributed by atoms with Crippen molar-refractivity contribution in [2.24, 2.45) is 5.41 Å². The van der Waals surface area contributed by atoms with Crippen molar-refractivity contribution in [2.45, 2.75) is 40.2 Å². The van der Waals surface area contributed by atoms with Crippen LogP contribution < -0.4 is 5.32 Å². The number of rotatable bonds is 4. The Morgan fingerprint density at radius 2 is 1.90 bits per heavy atom. The van der Waals surface area contributed by atoms with Crippen LogP contribution in [0.1, 0.15) is 34.1 Å². The van der Waals surface area contributed by atoms with Crippen molar-refractivity contribution in [1.82, 2.24) is 0 Å². The van der Waals surface area contributed by atoms with E-state index >= 15 is 0 Å². The Morgan fingerprint density at radius 3 is 2.43 bits per heavy atom. The first-order chi connectivity index (χ1) is 9.58. The lowest BCUT2D eigenvalue weighted by Crippen LogP contribution is -2.31. The molecule has 0 unspecified atom stereocenters. The van der Waals surface area contributed by atoms with E-state index in [1.54, 1.807) is 12.1 Å². The van der Waals surface area contributed by atoms with Crippen molar-refractivity contribution in [3.8, 4) is 0 Å². The van der Waals surface area contributed by atoms with Crippen molar-refractivity contribution in [1.29, 1.82) is 0 Å². The van der Waals surface area contributed by atoms with Gasteiger partial charge in [-0.15, -0.1) is 0 Å². The lowest BCUT2D eigenvalue weighted by atomic mass is 9.92. The van der Waals surface area contributed by atoms with Crippen LogP contribution in [-0.2, 0) is 14.3 Å². The van der Waals surface area contributed by atoms with Gasteiger partial charge in [-0.1, -0.05) is 44.0 Å². The van der Waals surface area contributed by atoms with E-state index in [-0.39, 0.29) is 11.8 Å². The van der Waals surface area contributed by atoms with E-state index in [1.807, 2.05) is 20.8 Å². The molecule has 1 aromatic rings. The average Bonchev–Trinajstić information content (AvgIpc) is 2.29. The minimum atomic E-state index is -0.897. The van der Waals surface area contributed by atoms with Crippen LogP contribution in [-0.4, -0.2) is 18.0 Å². The van der Waals surface area contributed by atoms with Crippen LogP contribution in [0.4, 0.5) is 5.69 Å². The molecule has 0 heterocycles. The Kier molecular flexibility index (Phi) is 6.05. The molecule has 0 aliphatic carbocycles. The van der Waals surface area contributed by atoms with Crippen LogP contribution in [0.15, 0.2) is 18.2 Å². The molecule has 0 bridgehead atoms. The minimum Gasteiger partial charge on any atom is -0.453 e. The van der Waals surface area contributed by atoms with Crippen LogP contribution in [0.3, 0.4) is 0 Å². The predicted octanol–water partition coefficient (Wildman–Crippen LogP) is 4.30. The number of halogens is 2. The third-order valence-electron chi connectivity index (χ3n) is 2.54. The van der Waals surface area contributed by atoms with E-state index in [2.05, 4.69) is 5.32 Å². The van der Waals surface area contributed by atoms with Gasteiger partial charge < -0.3 is 10.1 Å². The number of nitrogens with one attached hydrogen (secondary N) is 1. The van der Waals surface area contributed by atoms with E-state index in [1.165, 1.54) is 13.0 Å². The Bertz CT molecular complexity index is 538. The number of ether oxygens (including phenoxy) is 1. The summed E-state index contributed by atoms with van der Waals surface area (Å²) in [4.78, 5) is 23.7. The minimum absolute atomic E-state index is 0.188. The predicted molar refractivity (Wildman–Crippen MR) is 84.7 cm³/mol. The van der Waals surface area contributed by atoms with Crippen LogP contribution in [0, 0.1) is 5.41 Å². The quantitative estimate of drug-likeness (QED) is 0.837. The van der Waals surface area contributed by atoms with Gasteiger partial charge in [-0.3, -0.25) is 9.59 Å². The fourth-order valence-corrected chi connectivity index (χ4v) is 2.01. The maximum absolute atomic E-state index is 12.0. The Hall–Kier alpha value is -1.26. The third-order valence-corrected chi connectivity index (χ3v) is 3.09. The van der Waals surface area contributed by atoms with Gasteiger partial charge in [0.2, 0.25) is 0 Å². The number of amides is 1. The molecule has 0 aliphatic rings. The topological polar surface area (TPSA) is 55.4 Å². The Balaban J connectivity index is 2.61. The summed E-state index contributed by atoms with van der Waals surface area (Å²) in [5, 5.41) is 3.40. The highest BCUT2D eigenvalue weighted by atomic mass is 35.5. The standard InChI is InChI=1S/C15H19Cl2NO3/c1-9(21-13(19)8-15(2,3)4)14(20)18-12-6-5-10(16)7-11(12)17/h5-7,9H,8H2,1-4H3,(H,18,20)/t9-/m1/s1. The summed E-state index contributed by atoms with van der Waals surface area (Å²) in [5.41, 5.74) is 0.233. The summed E-state index contributed by atoms with van der Waals surface area (Å²) in [6.45, 7) is 7.28. The van der Waals surface area contributed by atoms with Crippen molar-refractivity contribution >= 4 is 40.8 Å². The highest BCUT2D eigenvalue weighted by molar-refractivity contribution is 6.36. The van der Waals surface area contributed by atoms with Gasteiger partial charge in [-0.2, -0.15) is 0 Å². The molecule has 1 rings (SSSR count). The number of carbonyl (C=O) groups is 2. The maximum atomic E-state index is 12.0. The second-order valence-electron chi connectivity index (χ2n) is 5.98. The lowest BCUT2D eigenvalue weighted by molar-refractivity contribution is -0.154. The molecule has 1 amide bonds. The molecule has 1 atom stereocenters. The van der Waals surface area contributed by atoms with Gasteiger partial charge in [0, 0.05) is 5.02 Å². The molecule has 0 aliphatic heterocycles. The molecule has 0 saturated heterocycles. The molecule has 1 N–H and O–H groups in total. The fourth-order valence-electron chi connectivity index (χ4n) is 1.55. The molecule has 6 heteroatoms. The summed E-state index contributed by atoms with van der Waals surface area (Å²) in [6, 6.07) is 4.72. The largest absolute Gasteiger partial charge is 0.453 e. The SMILES string of the molecule is C[C@@H](OC(=O)CC(C)(C)C)C(=O)Nc1ccc(Cl)cc1Cl. The normalized spacial score (nSPS) is 12.7. The second kappa shape index (κ2) is 7.14. The molecule has 0 saturated carbocycles. The van der Waals surface area contributed by atoms with Crippen LogP contribution in [0.25, 0.3) is 0 Å². The summed E-state index contributed by atoms with van der Waals surface area (Å²) >= 11 is 11.7. The number of benzene rings is 1. The zero-order valence-electron chi connectivity index (χ0n) is 12.5. The molecule has 0 aromatic heterocycles.